The minimum absolute atomic E-state index is 0.00371. The highest BCUT2D eigenvalue weighted by Gasteiger charge is 2.18. The normalized spacial score (nSPS) is 11.6. The Hall–Kier alpha value is -2.25. The van der Waals surface area contributed by atoms with Crippen LogP contribution in [0.3, 0.4) is 0 Å². The molecule has 0 aliphatic rings. The number of nitrogens with zero attached hydrogens (tertiary/aromatic N) is 2. The highest BCUT2D eigenvalue weighted by molar-refractivity contribution is 7.88. The van der Waals surface area contributed by atoms with E-state index in [0.29, 0.717) is 17.8 Å². The first-order valence-electron chi connectivity index (χ1n) is 7.50. The summed E-state index contributed by atoms with van der Waals surface area (Å²) in [4.78, 5) is 15.0. The maximum absolute atomic E-state index is 12.1. The van der Waals surface area contributed by atoms with Crippen LogP contribution >= 0.6 is 0 Å². The minimum Gasteiger partial charge on any atom is -0.481 e. The lowest BCUT2D eigenvalue weighted by atomic mass is 10.2. The summed E-state index contributed by atoms with van der Waals surface area (Å²) in [6.45, 7) is 0.412. The molecule has 0 spiro atoms. The van der Waals surface area contributed by atoms with Crippen molar-refractivity contribution >= 4 is 16.0 Å². The lowest BCUT2D eigenvalue weighted by Crippen LogP contribution is -2.29. The number of hydrogen-bond donors (Lipinski definition) is 1. The Morgan fingerprint density at radius 3 is 2.33 bits per heavy atom. The Bertz CT molecular complexity index is 791. The van der Waals surface area contributed by atoms with Gasteiger partial charge in [0.15, 0.2) is 0 Å². The van der Waals surface area contributed by atoms with Crippen molar-refractivity contribution in [3.05, 3.63) is 65.5 Å². The number of benzene rings is 1. The molecular weight excluding hydrogens is 328 g/mol. The van der Waals surface area contributed by atoms with Crippen LogP contribution in [-0.2, 0) is 34.3 Å². The third-order valence-electron chi connectivity index (χ3n) is 3.47. The monoisotopic (exact) mass is 348 g/mol. The molecule has 0 saturated heterocycles. The summed E-state index contributed by atoms with van der Waals surface area (Å²) in [5, 5.41) is 8.74. The molecule has 2 rings (SSSR count). The molecule has 7 heteroatoms. The topological polar surface area (TPSA) is 87.6 Å². The van der Waals surface area contributed by atoms with Gasteiger partial charge in [-0.1, -0.05) is 36.4 Å². The first-order chi connectivity index (χ1) is 11.3. The standard InChI is InChI=1S/C17H20N2O4S/c1-24(22,23)19(12-14-6-3-2-4-7-14)13-16-9-5-8-15(18-16)10-11-17(20)21/h2-9H,10-13H2,1H3,(H,20,21). The molecule has 1 aromatic heterocycles. The lowest BCUT2D eigenvalue weighted by molar-refractivity contribution is -0.136. The van der Waals surface area contributed by atoms with E-state index in [1.165, 1.54) is 10.6 Å². The third-order valence-corrected chi connectivity index (χ3v) is 4.66. The number of pyridine rings is 1. The Balaban J connectivity index is 2.15. The fraction of sp³-hybridized carbons (Fsp3) is 0.294. The van der Waals surface area contributed by atoms with Crippen LogP contribution in [0.1, 0.15) is 23.4 Å². The molecule has 2 aromatic rings. The zero-order valence-electron chi connectivity index (χ0n) is 13.4. The van der Waals surface area contributed by atoms with Crippen LogP contribution in [0.25, 0.3) is 0 Å². The first kappa shape index (κ1) is 18.1. The van der Waals surface area contributed by atoms with Crippen molar-refractivity contribution in [3.63, 3.8) is 0 Å². The van der Waals surface area contributed by atoms with Gasteiger partial charge in [0.25, 0.3) is 0 Å². The van der Waals surface area contributed by atoms with Gasteiger partial charge in [0.2, 0.25) is 10.0 Å². The zero-order chi connectivity index (χ0) is 17.6. The fourth-order valence-electron chi connectivity index (χ4n) is 2.25. The van der Waals surface area contributed by atoms with Gasteiger partial charge in [-0.25, -0.2) is 8.42 Å². The van der Waals surface area contributed by atoms with Gasteiger partial charge in [0, 0.05) is 18.7 Å². The maximum atomic E-state index is 12.1. The van der Waals surface area contributed by atoms with Gasteiger partial charge < -0.3 is 5.11 Å². The Labute approximate surface area is 141 Å². The number of hydrogen-bond acceptors (Lipinski definition) is 4. The molecule has 0 atom stereocenters. The second-order valence-corrected chi connectivity index (χ2v) is 7.51. The smallest absolute Gasteiger partial charge is 0.303 e. The van der Waals surface area contributed by atoms with Crippen molar-refractivity contribution in [2.24, 2.45) is 0 Å². The molecular formula is C17H20N2O4S. The van der Waals surface area contributed by atoms with Gasteiger partial charge in [-0.15, -0.1) is 0 Å². The summed E-state index contributed by atoms with van der Waals surface area (Å²) < 4.78 is 25.5. The molecule has 0 bridgehead atoms. The molecule has 1 N–H and O–H groups in total. The molecule has 1 heterocycles. The van der Waals surface area contributed by atoms with E-state index in [4.69, 9.17) is 5.11 Å². The molecule has 0 radical (unpaired) electrons. The maximum Gasteiger partial charge on any atom is 0.303 e. The summed E-state index contributed by atoms with van der Waals surface area (Å²) in [5.41, 5.74) is 2.13. The van der Waals surface area contributed by atoms with Crippen LogP contribution in [0, 0.1) is 0 Å². The number of rotatable bonds is 8. The average Bonchev–Trinajstić information content (AvgIpc) is 2.53. The predicted molar refractivity (Wildman–Crippen MR) is 90.7 cm³/mol. The fourth-order valence-corrected chi connectivity index (χ4v) is 3.00. The van der Waals surface area contributed by atoms with Crippen LogP contribution in [0.4, 0.5) is 0 Å². The van der Waals surface area contributed by atoms with Gasteiger partial charge in [-0.2, -0.15) is 4.31 Å². The second kappa shape index (κ2) is 8.03. The summed E-state index contributed by atoms with van der Waals surface area (Å²) in [6.07, 6.45) is 1.49. The van der Waals surface area contributed by atoms with E-state index in [1.807, 2.05) is 30.3 Å². The van der Waals surface area contributed by atoms with Gasteiger partial charge >= 0.3 is 5.97 Å². The van der Waals surface area contributed by atoms with E-state index >= 15 is 0 Å². The lowest BCUT2D eigenvalue weighted by Gasteiger charge is -2.20. The van der Waals surface area contributed by atoms with Crippen molar-refractivity contribution in [1.29, 1.82) is 0 Å². The second-order valence-electron chi connectivity index (χ2n) is 5.53. The summed E-state index contributed by atoms with van der Waals surface area (Å²) in [7, 11) is -3.40. The van der Waals surface area contributed by atoms with Gasteiger partial charge in [-0.3, -0.25) is 9.78 Å². The highest BCUT2D eigenvalue weighted by Crippen LogP contribution is 2.13. The van der Waals surface area contributed by atoms with Crippen LogP contribution in [-0.4, -0.2) is 35.0 Å². The molecule has 24 heavy (non-hydrogen) atoms. The third kappa shape index (κ3) is 5.75. The summed E-state index contributed by atoms with van der Waals surface area (Å²) >= 11 is 0. The van der Waals surface area contributed by atoms with E-state index in [9.17, 15) is 13.2 Å². The molecule has 0 aliphatic carbocycles. The molecule has 128 valence electrons. The van der Waals surface area contributed by atoms with E-state index in [2.05, 4.69) is 4.98 Å². The predicted octanol–water partition coefficient (Wildman–Crippen LogP) is 2.06. The molecule has 6 nitrogen and oxygen atoms in total. The van der Waals surface area contributed by atoms with Gasteiger partial charge in [0.1, 0.15) is 0 Å². The first-order valence-corrected chi connectivity index (χ1v) is 9.35. The largest absolute Gasteiger partial charge is 0.481 e. The molecule has 0 unspecified atom stereocenters. The van der Waals surface area contributed by atoms with E-state index < -0.39 is 16.0 Å². The van der Waals surface area contributed by atoms with Crippen LogP contribution < -0.4 is 0 Å². The molecule has 0 saturated carbocycles. The number of aromatic nitrogens is 1. The zero-order valence-corrected chi connectivity index (χ0v) is 14.2. The van der Waals surface area contributed by atoms with Crippen molar-refractivity contribution in [1.82, 2.24) is 9.29 Å². The van der Waals surface area contributed by atoms with Gasteiger partial charge in [-0.05, 0) is 17.7 Å². The Morgan fingerprint density at radius 2 is 1.71 bits per heavy atom. The van der Waals surface area contributed by atoms with Crippen molar-refractivity contribution in [2.45, 2.75) is 25.9 Å². The van der Waals surface area contributed by atoms with Crippen LogP contribution in [0.5, 0.6) is 0 Å². The number of carbonyl (C=O) groups is 1. The molecule has 0 fully saturated rings. The number of sulfonamides is 1. The SMILES string of the molecule is CS(=O)(=O)N(Cc1ccccc1)Cc1cccc(CCC(=O)O)n1. The minimum atomic E-state index is -3.40. The number of carboxylic acids is 1. The van der Waals surface area contributed by atoms with E-state index in [-0.39, 0.29) is 19.5 Å². The summed E-state index contributed by atoms with van der Waals surface area (Å²) in [6, 6.07) is 14.6. The molecule has 0 aliphatic heterocycles. The number of aliphatic carboxylic acids is 1. The summed E-state index contributed by atoms with van der Waals surface area (Å²) in [5.74, 6) is -0.885. The van der Waals surface area contributed by atoms with Crippen molar-refractivity contribution in [3.8, 4) is 0 Å². The van der Waals surface area contributed by atoms with E-state index in [0.717, 1.165) is 5.56 Å². The van der Waals surface area contributed by atoms with Crippen molar-refractivity contribution < 1.29 is 18.3 Å². The molecule has 1 aromatic carbocycles. The molecule has 0 amide bonds. The van der Waals surface area contributed by atoms with Crippen LogP contribution in [0.2, 0.25) is 0 Å². The average molecular weight is 348 g/mol. The van der Waals surface area contributed by atoms with Crippen molar-refractivity contribution in [2.75, 3.05) is 6.26 Å². The highest BCUT2D eigenvalue weighted by atomic mass is 32.2. The van der Waals surface area contributed by atoms with E-state index in [1.54, 1.807) is 18.2 Å². The Kier molecular flexibility index (Phi) is 6.05. The quantitative estimate of drug-likeness (QED) is 0.789. The Morgan fingerprint density at radius 1 is 1.04 bits per heavy atom. The van der Waals surface area contributed by atoms with Gasteiger partial charge in [0.05, 0.1) is 24.9 Å². The number of aryl methyl sites for hydroxylation is 1. The number of carboxylic acid groups (broad SMARTS) is 1. The van der Waals surface area contributed by atoms with Crippen LogP contribution in [0.15, 0.2) is 48.5 Å².